The summed E-state index contributed by atoms with van der Waals surface area (Å²) >= 11 is 0. The normalized spacial score (nSPS) is 10.5. The Balaban J connectivity index is 1.71. The van der Waals surface area contributed by atoms with E-state index in [2.05, 4.69) is 15.8 Å². The Morgan fingerprint density at radius 2 is 1.64 bits per heavy atom. The van der Waals surface area contributed by atoms with Crippen LogP contribution in [0.1, 0.15) is 26.3 Å². The van der Waals surface area contributed by atoms with E-state index >= 15 is 0 Å². The second-order valence-electron chi connectivity index (χ2n) is 6.62. The van der Waals surface area contributed by atoms with Crippen LogP contribution in [0, 0.1) is 10.1 Å². The van der Waals surface area contributed by atoms with Crippen molar-refractivity contribution in [2.45, 2.75) is 0 Å². The van der Waals surface area contributed by atoms with E-state index in [9.17, 15) is 19.7 Å². The zero-order valence-corrected chi connectivity index (χ0v) is 17.8. The Kier molecular flexibility index (Phi) is 7.32. The number of benzene rings is 3. The number of rotatable bonds is 8. The second-order valence-corrected chi connectivity index (χ2v) is 6.62. The van der Waals surface area contributed by atoms with Crippen LogP contribution in [-0.2, 0) is 0 Å². The standard InChI is InChI=1S/C23H20N4O6/c1-32-20-12-9-16(13-21(20)33-2)22(28)25-19-6-4-3-5-18(19)23(29)26-24-14-15-7-10-17(11-8-15)27(30)31/h3-14H,1-2H3,(H,25,28)(H,26,29)/b24-14+. The van der Waals surface area contributed by atoms with E-state index in [4.69, 9.17) is 9.47 Å². The smallest absolute Gasteiger partial charge is 0.273 e. The van der Waals surface area contributed by atoms with Crippen LogP contribution in [0.15, 0.2) is 71.8 Å². The van der Waals surface area contributed by atoms with Crippen molar-refractivity contribution in [1.29, 1.82) is 0 Å². The average Bonchev–Trinajstić information content (AvgIpc) is 2.84. The Hall–Kier alpha value is -4.73. The topological polar surface area (TPSA) is 132 Å². The number of non-ortho nitro benzene ring substituents is 1. The molecule has 0 aliphatic carbocycles. The number of amides is 2. The van der Waals surface area contributed by atoms with E-state index < -0.39 is 16.7 Å². The van der Waals surface area contributed by atoms with Crippen molar-refractivity contribution in [1.82, 2.24) is 5.43 Å². The average molecular weight is 448 g/mol. The van der Waals surface area contributed by atoms with E-state index in [1.54, 1.807) is 36.4 Å². The summed E-state index contributed by atoms with van der Waals surface area (Å²) in [5.74, 6) is -0.0987. The number of hydrogen-bond acceptors (Lipinski definition) is 7. The van der Waals surface area contributed by atoms with Crippen molar-refractivity contribution in [3.05, 3.63) is 93.5 Å². The summed E-state index contributed by atoms with van der Waals surface area (Å²) in [4.78, 5) is 35.5. The molecule has 0 bridgehead atoms. The number of methoxy groups -OCH3 is 2. The number of hydrazone groups is 1. The van der Waals surface area contributed by atoms with Gasteiger partial charge in [-0.3, -0.25) is 19.7 Å². The summed E-state index contributed by atoms with van der Waals surface area (Å²) in [6, 6.07) is 16.9. The van der Waals surface area contributed by atoms with Crippen LogP contribution < -0.4 is 20.2 Å². The summed E-state index contributed by atoms with van der Waals surface area (Å²) < 4.78 is 10.4. The van der Waals surface area contributed by atoms with E-state index in [0.29, 0.717) is 28.3 Å². The molecular weight excluding hydrogens is 428 g/mol. The molecule has 0 aromatic heterocycles. The molecule has 0 spiro atoms. The third-order valence-corrected chi connectivity index (χ3v) is 4.55. The third kappa shape index (κ3) is 5.70. The van der Waals surface area contributed by atoms with Crippen LogP contribution in [0.3, 0.4) is 0 Å². The molecule has 0 saturated carbocycles. The van der Waals surface area contributed by atoms with Crippen LogP contribution in [-0.4, -0.2) is 37.2 Å². The summed E-state index contributed by atoms with van der Waals surface area (Å²) in [6.45, 7) is 0. The Bertz CT molecular complexity index is 1210. The third-order valence-electron chi connectivity index (χ3n) is 4.55. The molecule has 33 heavy (non-hydrogen) atoms. The maximum atomic E-state index is 12.7. The fraction of sp³-hybridized carbons (Fsp3) is 0.0870. The number of carbonyl (C=O) groups is 2. The van der Waals surface area contributed by atoms with Crippen molar-refractivity contribution >= 4 is 29.4 Å². The SMILES string of the molecule is COc1ccc(C(=O)Nc2ccccc2C(=O)N/N=C/c2ccc([N+](=O)[O-])cc2)cc1OC. The quantitative estimate of drug-likeness (QED) is 0.307. The molecular formula is C23H20N4O6. The van der Waals surface area contributed by atoms with E-state index in [1.165, 1.54) is 50.8 Å². The molecule has 0 saturated heterocycles. The minimum atomic E-state index is -0.545. The molecule has 10 nitrogen and oxygen atoms in total. The fourth-order valence-electron chi connectivity index (χ4n) is 2.87. The molecule has 0 aliphatic heterocycles. The van der Waals surface area contributed by atoms with Gasteiger partial charge < -0.3 is 14.8 Å². The van der Waals surface area contributed by atoms with Gasteiger partial charge in [-0.15, -0.1) is 0 Å². The number of nitrogens with zero attached hydrogens (tertiary/aromatic N) is 2. The van der Waals surface area contributed by atoms with Gasteiger partial charge in [-0.05, 0) is 48.0 Å². The van der Waals surface area contributed by atoms with Gasteiger partial charge in [-0.1, -0.05) is 12.1 Å². The molecule has 2 amide bonds. The van der Waals surface area contributed by atoms with Gasteiger partial charge in [-0.25, -0.2) is 5.43 Å². The first-order valence-electron chi connectivity index (χ1n) is 9.63. The number of nitro groups is 1. The first-order chi connectivity index (χ1) is 15.9. The molecule has 3 aromatic carbocycles. The van der Waals surface area contributed by atoms with Gasteiger partial charge >= 0.3 is 0 Å². The van der Waals surface area contributed by atoms with Crippen LogP contribution in [0.2, 0.25) is 0 Å². The molecule has 0 radical (unpaired) electrons. The molecule has 0 fully saturated rings. The first kappa shape index (κ1) is 22.9. The van der Waals surface area contributed by atoms with Gasteiger partial charge in [0.25, 0.3) is 17.5 Å². The highest BCUT2D eigenvalue weighted by Crippen LogP contribution is 2.28. The van der Waals surface area contributed by atoms with Gasteiger partial charge in [0.15, 0.2) is 11.5 Å². The fourth-order valence-corrected chi connectivity index (χ4v) is 2.87. The first-order valence-corrected chi connectivity index (χ1v) is 9.63. The zero-order valence-electron chi connectivity index (χ0n) is 17.8. The monoisotopic (exact) mass is 448 g/mol. The highest BCUT2D eigenvalue weighted by atomic mass is 16.6. The van der Waals surface area contributed by atoms with Crippen molar-refractivity contribution in [3.63, 3.8) is 0 Å². The minimum absolute atomic E-state index is 0.0460. The largest absolute Gasteiger partial charge is 0.493 e. The second kappa shape index (κ2) is 10.5. The zero-order chi connectivity index (χ0) is 23.8. The van der Waals surface area contributed by atoms with Crippen molar-refractivity contribution in [2.75, 3.05) is 19.5 Å². The lowest BCUT2D eigenvalue weighted by atomic mass is 10.1. The lowest BCUT2D eigenvalue weighted by molar-refractivity contribution is -0.384. The van der Waals surface area contributed by atoms with Crippen LogP contribution in [0.25, 0.3) is 0 Å². The molecule has 0 unspecified atom stereocenters. The molecule has 2 N–H and O–H groups in total. The van der Waals surface area contributed by atoms with Gasteiger partial charge in [0, 0.05) is 17.7 Å². The number of hydrogen-bond donors (Lipinski definition) is 2. The van der Waals surface area contributed by atoms with Crippen LogP contribution >= 0.6 is 0 Å². The summed E-state index contributed by atoms with van der Waals surface area (Å²) in [7, 11) is 2.97. The van der Waals surface area contributed by atoms with Gasteiger partial charge in [-0.2, -0.15) is 5.10 Å². The lowest BCUT2D eigenvalue weighted by Crippen LogP contribution is -2.21. The minimum Gasteiger partial charge on any atom is -0.493 e. The van der Waals surface area contributed by atoms with Gasteiger partial charge in [0.05, 0.1) is 36.6 Å². The van der Waals surface area contributed by atoms with Crippen molar-refractivity contribution < 1.29 is 24.0 Å². The maximum Gasteiger partial charge on any atom is 0.273 e. The number of carbonyl (C=O) groups excluding carboxylic acids is 2. The lowest BCUT2D eigenvalue weighted by Gasteiger charge is -2.12. The molecule has 10 heteroatoms. The van der Waals surface area contributed by atoms with Crippen LogP contribution in [0.5, 0.6) is 11.5 Å². The summed E-state index contributed by atoms with van der Waals surface area (Å²) in [5.41, 5.74) is 3.71. The maximum absolute atomic E-state index is 12.7. The molecule has 3 aromatic rings. The van der Waals surface area contributed by atoms with E-state index in [1.807, 2.05) is 0 Å². The van der Waals surface area contributed by atoms with Crippen molar-refractivity contribution in [3.8, 4) is 11.5 Å². The molecule has 168 valence electrons. The number of ether oxygens (including phenoxy) is 2. The Morgan fingerprint density at radius 1 is 0.939 bits per heavy atom. The van der Waals surface area contributed by atoms with E-state index in [-0.39, 0.29) is 11.3 Å². The summed E-state index contributed by atoms with van der Waals surface area (Å²) in [6.07, 6.45) is 1.35. The number of nitrogens with one attached hydrogen (secondary N) is 2. The number of nitro benzene ring substituents is 1. The number of para-hydroxylation sites is 1. The number of anilines is 1. The van der Waals surface area contributed by atoms with E-state index in [0.717, 1.165) is 0 Å². The predicted octanol–water partition coefficient (Wildman–Crippen LogP) is 3.63. The van der Waals surface area contributed by atoms with Crippen molar-refractivity contribution in [2.24, 2.45) is 5.10 Å². The Labute approximate surface area is 189 Å². The van der Waals surface area contributed by atoms with Gasteiger partial charge in [0.1, 0.15) is 0 Å². The predicted molar refractivity (Wildman–Crippen MR) is 122 cm³/mol. The Morgan fingerprint density at radius 3 is 2.30 bits per heavy atom. The molecule has 0 heterocycles. The molecule has 0 atom stereocenters. The highest BCUT2D eigenvalue weighted by molar-refractivity contribution is 6.09. The van der Waals surface area contributed by atoms with Gasteiger partial charge in [0.2, 0.25) is 0 Å². The highest BCUT2D eigenvalue weighted by Gasteiger charge is 2.15. The summed E-state index contributed by atoms with van der Waals surface area (Å²) in [5, 5.41) is 17.3. The van der Waals surface area contributed by atoms with Crippen LogP contribution in [0.4, 0.5) is 11.4 Å². The molecule has 0 aliphatic rings. The molecule has 3 rings (SSSR count).